The maximum atomic E-state index is 10.9. The minimum atomic E-state index is -6.00. The summed E-state index contributed by atoms with van der Waals surface area (Å²) >= 11 is 0. The van der Waals surface area contributed by atoms with Crippen LogP contribution < -0.4 is 0 Å². The number of hydrogen-bond acceptors (Lipinski definition) is 1. The van der Waals surface area contributed by atoms with Gasteiger partial charge in [0.1, 0.15) is 0 Å². The van der Waals surface area contributed by atoms with Crippen LogP contribution in [0.4, 0.5) is 17.3 Å². The Balaban J connectivity index is 0.000000463. The standard InChI is InChI=1S/C15H27O2P.BF4/c16-15(17)11-12-18(13-7-3-1-4-8-13)14-9-5-2-6-10-14;2-1(3,4)5/h13-14H,1-12H2,(H,16,17);/q;-1. The van der Waals surface area contributed by atoms with Crippen LogP contribution in [0.3, 0.4) is 0 Å². The molecule has 0 amide bonds. The van der Waals surface area contributed by atoms with Crippen LogP contribution in [-0.2, 0) is 4.79 Å². The van der Waals surface area contributed by atoms with Gasteiger partial charge in [0.25, 0.3) is 0 Å². The molecule has 0 atom stereocenters. The number of aliphatic carboxylic acids is 1. The Morgan fingerprint density at radius 3 is 1.52 bits per heavy atom. The zero-order valence-electron chi connectivity index (χ0n) is 13.5. The predicted molar refractivity (Wildman–Crippen MR) is 88.0 cm³/mol. The molecule has 0 unspecified atom stereocenters. The summed E-state index contributed by atoms with van der Waals surface area (Å²) in [5, 5.41) is 8.97. The summed E-state index contributed by atoms with van der Waals surface area (Å²) in [6.07, 6.45) is 15.4. The lowest BCUT2D eigenvalue weighted by Crippen LogP contribution is -2.22. The number of carboxylic acid groups (broad SMARTS) is 1. The van der Waals surface area contributed by atoms with Crippen LogP contribution in [0.1, 0.15) is 70.6 Å². The second kappa shape index (κ2) is 10.5. The van der Waals surface area contributed by atoms with Gasteiger partial charge in [-0.2, -0.15) is 0 Å². The number of carbonyl (C=O) groups is 1. The van der Waals surface area contributed by atoms with Gasteiger partial charge in [-0.1, -0.05) is 46.4 Å². The molecule has 136 valence electrons. The number of carboxylic acids is 1. The van der Waals surface area contributed by atoms with Gasteiger partial charge < -0.3 is 22.4 Å². The van der Waals surface area contributed by atoms with E-state index in [1.165, 1.54) is 64.2 Å². The van der Waals surface area contributed by atoms with Crippen LogP contribution in [0, 0.1) is 0 Å². The van der Waals surface area contributed by atoms with Gasteiger partial charge in [0, 0.05) is 6.42 Å². The third-order valence-corrected chi connectivity index (χ3v) is 8.32. The molecule has 0 spiro atoms. The molecule has 0 radical (unpaired) electrons. The van der Waals surface area contributed by atoms with Crippen molar-refractivity contribution in [2.45, 2.75) is 81.9 Å². The van der Waals surface area contributed by atoms with Gasteiger partial charge in [-0.3, -0.25) is 4.79 Å². The van der Waals surface area contributed by atoms with Gasteiger partial charge in [-0.25, -0.2) is 0 Å². The molecule has 23 heavy (non-hydrogen) atoms. The topological polar surface area (TPSA) is 37.3 Å². The first-order chi connectivity index (χ1) is 10.8. The van der Waals surface area contributed by atoms with Crippen LogP contribution in [0.5, 0.6) is 0 Å². The van der Waals surface area contributed by atoms with Crippen molar-refractivity contribution < 1.29 is 27.2 Å². The molecular formula is C15H27BF4O2P-. The molecule has 0 heterocycles. The Labute approximate surface area is 137 Å². The first-order valence-corrected chi connectivity index (χ1v) is 10.3. The highest BCUT2D eigenvalue weighted by molar-refractivity contribution is 7.59. The highest BCUT2D eigenvalue weighted by atomic mass is 31.1. The van der Waals surface area contributed by atoms with Crippen molar-refractivity contribution in [3.05, 3.63) is 0 Å². The number of halogens is 4. The van der Waals surface area contributed by atoms with E-state index in [2.05, 4.69) is 0 Å². The molecule has 1 N–H and O–H groups in total. The number of hydrogen-bond donors (Lipinski definition) is 1. The minimum absolute atomic E-state index is 0.0103. The van der Waals surface area contributed by atoms with Crippen LogP contribution in [0.25, 0.3) is 0 Å². The Kier molecular flexibility index (Phi) is 9.49. The monoisotopic (exact) mass is 357 g/mol. The summed E-state index contributed by atoms with van der Waals surface area (Å²) in [6.45, 7) is 0. The Morgan fingerprint density at radius 1 is 0.870 bits per heavy atom. The normalized spacial score (nSPS) is 20.9. The lowest BCUT2D eigenvalue weighted by Gasteiger charge is -2.38. The molecule has 2 fully saturated rings. The zero-order valence-corrected chi connectivity index (χ0v) is 14.4. The fourth-order valence-electron chi connectivity index (χ4n) is 3.71. The van der Waals surface area contributed by atoms with Gasteiger partial charge in [0.15, 0.2) is 0 Å². The van der Waals surface area contributed by atoms with Crippen molar-refractivity contribution in [2.75, 3.05) is 6.16 Å². The largest absolute Gasteiger partial charge is 0.673 e. The average molecular weight is 357 g/mol. The first kappa shape index (κ1) is 20.7. The average Bonchev–Trinajstić information content (AvgIpc) is 2.48. The second-order valence-electron chi connectivity index (χ2n) is 6.46. The smallest absolute Gasteiger partial charge is 0.481 e. The van der Waals surface area contributed by atoms with Crippen LogP contribution in [-0.4, -0.2) is 35.8 Å². The van der Waals surface area contributed by atoms with Crippen molar-refractivity contribution in [3.8, 4) is 0 Å². The summed E-state index contributed by atoms with van der Waals surface area (Å²) in [4.78, 5) is 10.9. The van der Waals surface area contributed by atoms with Gasteiger partial charge in [-0.15, -0.1) is 0 Å². The SMILES string of the molecule is F[B-](F)(F)F.O=C(O)CCP(C1CCCCC1)C1CCCCC1. The van der Waals surface area contributed by atoms with Gasteiger partial charge in [-0.05, 0) is 43.2 Å². The number of rotatable bonds is 5. The molecule has 2 saturated carbocycles. The summed E-state index contributed by atoms with van der Waals surface area (Å²) in [5.41, 5.74) is 1.80. The summed E-state index contributed by atoms with van der Waals surface area (Å²) in [5.74, 6) is -0.589. The molecule has 0 bridgehead atoms. The van der Waals surface area contributed by atoms with E-state index >= 15 is 0 Å². The van der Waals surface area contributed by atoms with E-state index in [0.717, 1.165) is 17.5 Å². The van der Waals surface area contributed by atoms with E-state index < -0.39 is 13.2 Å². The van der Waals surface area contributed by atoms with E-state index in [4.69, 9.17) is 5.11 Å². The van der Waals surface area contributed by atoms with Crippen LogP contribution >= 0.6 is 7.92 Å². The van der Waals surface area contributed by atoms with E-state index in [1.54, 1.807) is 0 Å². The molecule has 0 aliphatic heterocycles. The molecular weight excluding hydrogens is 330 g/mol. The Hall–Kier alpha value is -0.315. The molecule has 0 aromatic heterocycles. The van der Waals surface area contributed by atoms with Crippen LogP contribution in [0.2, 0.25) is 0 Å². The molecule has 0 aromatic rings. The second-order valence-corrected chi connectivity index (χ2v) is 9.40. The summed E-state index contributed by atoms with van der Waals surface area (Å²) < 4.78 is 39.0. The fraction of sp³-hybridized carbons (Fsp3) is 0.933. The van der Waals surface area contributed by atoms with Gasteiger partial charge in [0.2, 0.25) is 0 Å². The van der Waals surface area contributed by atoms with Gasteiger partial charge >= 0.3 is 13.2 Å². The third-order valence-electron chi connectivity index (χ3n) is 4.67. The lowest BCUT2D eigenvalue weighted by molar-refractivity contribution is -0.136. The first-order valence-electron chi connectivity index (χ1n) is 8.62. The molecule has 2 aliphatic rings. The molecule has 2 nitrogen and oxygen atoms in total. The van der Waals surface area contributed by atoms with E-state index in [9.17, 15) is 22.1 Å². The maximum Gasteiger partial charge on any atom is 0.673 e. The highest BCUT2D eigenvalue weighted by Gasteiger charge is 2.30. The molecule has 0 saturated heterocycles. The maximum absolute atomic E-state index is 10.9. The molecule has 8 heteroatoms. The molecule has 0 aromatic carbocycles. The fourth-order valence-corrected chi connectivity index (χ4v) is 7.55. The summed E-state index contributed by atoms with van der Waals surface area (Å²) in [6, 6.07) is 0. The lowest BCUT2D eigenvalue weighted by atomic mass is 9.99. The quantitative estimate of drug-likeness (QED) is 0.377. The van der Waals surface area contributed by atoms with E-state index in [0.29, 0.717) is 6.42 Å². The van der Waals surface area contributed by atoms with Crippen molar-refractivity contribution in [1.29, 1.82) is 0 Å². The van der Waals surface area contributed by atoms with Crippen molar-refractivity contribution in [1.82, 2.24) is 0 Å². The Bertz CT molecular complexity index is 319. The predicted octanol–water partition coefficient (Wildman–Crippen LogP) is 5.91. The van der Waals surface area contributed by atoms with Crippen LogP contribution in [0.15, 0.2) is 0 Å². The summed E-state index contributed by atoms with van der Waals surface area (Å²) in [7, 11) is -6.01. The van der Waals surface area contributed by atoms with Crippen molar-refractivity contribution in [3.63, 3.8) is 0 Å². The Morgan fingerprint density at radius 2 is 1.22 bits per heavy atom. The molecule has 2 rings (SSSR count). The van der Waals surface area contributed by atoms with E-state index in [1.807, 2.05) is 0 Å². The van der Waals surface area contributed by atoms with E-state index in [-0.39, 0.29) is 7.92 Å². The third kappa shape index (κ3) is 10.2. The molecule has 2 aliphatic carbocycles. The van der Waals surface area contributed by atoms with Crippen molar-refractivity contribution in [2.24, 2.45) is 0 Å². The minimum Gasteiger partial charge on any atom is -0.481 e. The van der Waals surface area contributed by atoms with Gasteiger partial charge in [0.05, 0.1) is 0 Å². The van der Waals surface area contributed by atoms with Crippen molar-refractivity contribution >= 4 is 21.1 Å². The zero-order chi connectivity index (χ0) is 17.3. The highest BCUT2D eigenvalue weighted by Crippen LogP contribution is 2.55.